The van der Waals surface area contributed by atoms with Crippen molar-refractivity contribution in [3.05, 3.63) is 35.2 Å². The summed E-state index contributed by atoms with van der Waals surface area (Å²) in [5, 5.41) is 3.42. The molecule has 0 saturated heterocycles. The highest BCUT2D eigenvalue weighted by molar-refractivity contribution is 7.17. The second kappa shape index (κ2) is 13.9. The minimum Gasteiger partial charge on any atom is -0.299 e. The molecule has 0 radical (unpaired) electrons. The Morgan fingerprint density at radius 3 is 1.96 bits per heavy atom. The zero-order valence-electron chi connectivity index (χ0n) is 17.3. The summed E-state index contributed by atoms with van der Waals surface area (Å²) < 4.78 is 1.29. The van der Waals surface area contributed by atoms with Crippen molar-refractivity contribution in [3.63, 3.8) is 0 Å². The Bertz CT molecular complexity index is 643. The van der Waals surface area contributed by atoms with E-state index in [9.17, 15) is 4.79 Å². The number of carbonyl (C=O) groups is 1. The number of unbranched alkanes of at least 4 members (excludes halogenated alkanes) is 12. The van der Waals surface area contributed by atoms with Crippen LogP contribution in [0.25, 0.3) is 10.1 Å². The molecule has 1 aromatic heterocycles. The summed E-state index contributed by atoms with van der Waals surface area (Å²) >= 11 is 1.75. The van der Waals surface area contributed by atoms with E-state index in [-0.39, 0.29) is 0 Å². The number of fused-ring (bicyclic) bond motifs is 1. The number of benzene rings is 1. The van der Waals surface area contributed by atoms with Gasteiger partial charge in [-0.3, -0.25) is 4.79 Å². The Kier molecular flexibility index (Phi) is 11.4. The average Bonchev–Trinajstić information content (AvgIpc) is 3.08. The molecule has 0 aliphatic rings. The Hall–Kier alpha value is -1.15. The van der Waals surface area contributed by atoms with Crippen molar-refractivity contribution >= 4 is 27.2 Å². The second-order valence-electron chi connectivity index (χ2n) is 7.97. The smallest absolute Gasteiger partial charge is 0.137 e. The molecule has 0 aliphatic carbocycles. The van der Waals surface area contributed by atoms with Gasteiger partial charge in [0.05, 0.1) is 0 Å². The molecule has 0 atom stereocenters. The molecule has 2 aromatic rings. The topological polar surface area (TPSA) is 17.1 Å². The summed E-state index contributed by atoms with van der Waals surface area (Å²) in [6.07, 6.45) is 19.0. The van der Waals surface area contributed by atoms with Gasteiger partial charge in [-0.25, -0.2) is 0 Å². The standard InChI is InChI=1S/C25H38OS/c1-2-3-4-5-6-7-8-9-10-11-12-13-14-17-23(26)20-22-21-27-25-19-16-15-18-24(22)25/h15-16,18-19,21H,2-14,17,20H2,1H3. The van der Waals surface area contributed by atoms with E-state index in [1.807, 2.05) is 0 Å². The maximum atomic E-state index is 12.3. The summed E-state index contributed by atoms with van der Waals surface area (Å²) in [4.78, 5) is 12.3. The van der Waals surface area contributed by atoms with Crippen LogP contribution >= 0.6 is 11.3 Å². The van der Waals surface area contributed by atoms with Gasteiger partial charge in [0.15, 0.2) is 0 Å². The van der Waals surface area contributed by atoms with Crippen LogP contribution in [0.2, 0.25) is 0 Å². The van der Waals surface area contributed by atoms with Crippen molar-refractivity contribution in [2.24, 2.45) is 0 Å². The third kappa shape index (κ3) is 9.06. The lowest BCUT2D eigenvalue weighted by Gasteiger charge is -2.03. The van der Waals surface area contributed by atoms with Gasteiger partial charge in [-0.1, -0.05) is 102 Å². The third-order valence-corrected chi connectivity index (χ3v) is 6.52. The summed E-state index contributed by atoms with van der Waals surface area (Å²) in [5.74, 6) is 0.404. The van der Waals surface area contributed by atoms with Crippen LogP contribution in [-0.4, -0.2) is 5.78 Å². The van der Waals surface area contributed by atoms with E-state index in [1.54, 1.807) is 11.3 Å². The number of hydrogen-bond acceptors (Lipinski definition) is 2. The van der Waals surface area contributed by atoms with Gasteiger partial charge in [-0.05, 0) is 28.8 Å². The highest BCUT2D eigenvalue weighted by Crippen LogP contribution is 2.26. The molecule has 1 heterocycles. The lowest BCUT2D eigenvalue weighted by molar-refractivity contribution is -0.118. The first-order valence-electron chi connectivity index (χ1n) is 11.3. The molecule has 27 heavy (non-hydrogen) atoms. The highest BCUT2D eigenvalue weighted by Gasteiger charge is 2.08. The number of Topliss-reactive ketones (excluding diaryl/α,β-unsaturated/α-hetero) is 1. The Balaban J connectivity index is 1.42. The molecule has 0 spiro atoms. The molecule has 0 amide bonds. The minimum atomic E-state index is 0.404. The zero-order chi connectivity index (χ0) is 19.2. The zero-order valence-corrected chi connectivity index (χ0v) is 18.1. The van der Waals surface area contributed by atoms with Crippen molar-refractivity contribution in [1.82, 2.24) is 0 Å². The van der Waals surface area contributed by atoms with Crippen molar-refractivity contribution < 1.29 is 4.79 Å². The fourth-order valence-electron chi connectivity index (χ4n) is 3.81. The minimum absolute atomic E-state index is 0.404. The largest absolute Gasteiger partial charge is 0.299 e. The monoisotopic (exact) mass is 386 g/mol. The van der Waals surface area contributed by atoms with Gasteiger partial charge in [-0.2, -0.15) is 0 Å². The number of hydrogen-bond donors (Lipinski definition) is 0. The first-order chi connectivity index (χ1) is 13.3. The molecule has 0 aliphatic heterocycles. The Labute approximate surface area is 170 Å². The Morgan fingerprint density at radius 1 is 0.778 bits per heavy atom. The molecular weight excluding hydrogens is 348 g/mol. The van der Waals surface area contributed by atoms with Gasteiger partial charge >= 0.3 is 0 Å². The van der Waals surface area contributed by atoms with Crippen LogP contribution in [0.15, 0.2) is 29.6 Å². The molecule has 0 bridgehead atoms. The SMILES string of the molecule is CCCCCCCCCCCCCCCC(=O)Cc1csc2ccccc12. The molecule has 0 unspecified atom stereocenters. The fourth-order valence-corrected chi connectivity index (χ4v) is 4.77. The third-order valence-electron chi connectivity index (χ3n) is 5.51. The first-order valence-corrected chi connectivity index (χ1v) is 12.2. The predicted octanol–water partition coefficient (Wildman–Crippen LogP) is 8.49. The molecule has 0 N–H and O–H groups in total. The maximum Gasteiger partial charge on any atom is 0.137 e. The van der Waals surface area contributed by atoms with Gasteiger partial charge in [0.25, 0.3) is 0 Å². The molecular formula is C25H38OS. The number of thiophene rings is 1. The molecule has 0 saturated carbocycles. The molecule has 2 rings (SSSR count). The van der Waals surface area contributed by atoms with Crippen molar-refractivity contribution in [2.45, 2.75) is 103 Å². The molecule has 150 valence electrons. The van der Waals surface area contributed by atoms with Crippen LogP contribution in [-0.2, 0) is 11.2 Å². The lowest BCUT2D eigenvalue weighted by atomic mass is 10.0. The summed E-state index contributed by atoms with van der Waals surface area (Å²) in [5.41, 5.74) is 1.22. The Morgan fingerprint density at radius 2 is 1.33 bits per heavy atom. The van der Waals surface area contributed by atoms with Crippen LogP contribution in [0, 0.1) is 0 Å². The molecule has 1 aromatic carbocycles. The predicted molar refractivity (Wildman–Crippen MR) is 121 cm³/mol. The van der Waals surface area contributed by atoms with Crippen LogP contribution in [0.1, 0.15) is 102 Å². The molecule has 0 fully saturated rings. The van der Waals surface area contributed by atoms with Crippen molar-refractivity contribution in [1.29, 1.82) is 0 Å². The average molecular weight is 387 g/mol. The van der Waals surface area contributed by atoms with Crippen LogP contribution < -0.4 is 0 Å². The lowest BCUT2D eigenvalue weighted by Crippen LogP contribution is -2.01. The number of rotatable bonds is 16. The quantitative estimate of drug-likeness (QED) is 0.264. The van der Waals surface area contributed by atoms with E-state index in [2.05, 4.69) is 36.6 Å². The van der Waals surface area contributed by atoms with E-state index >= 15 is 0 Å². The first kappa shape index (κ1) is 22.1. The van der Waals surface area contributed by atoms with E-state index in [0.717, 1.165) is 12.8 Å². The van der Waals surface area contributed by atoms with Crippen LogP contribution in [0.5, 0.6) is 0 Å². The fraction of sp³-hybridized carbons (Fsp3) is 0.640. The van der Waals surface area contributed by atoms with E-state index in [4.69, 9.17) is 0 Å². The summed E-state index contributed by atoms with van der Waals surface area (Å²) in [6.45, 7) is 2.28. The molecule has 1 nitrogen and oxygen atoms in total. The van der Waals surface area contributed by atoms with Gasteiger partial charge in [0, 0.05) is 17.5 Å². The van der Waals surface area contributed by atoms with Gasteiger partial charge in [0.2, 0.25) is 0 Å². The van der Waals surface area contributed by atoms with E-state index in [0.29, 0.717) is 12.2 Å². The van der Waals surface area contributed by atoms with Gasteiger partial charge in [0.1, 0.15) is 5.78 Å². The van der Waals surface area contributed by atoms with Crippen LogP contribution in [0.3, 0.4) is 0 Å². The normalized spacial score (nSPS) is 11.3. The van der Waals surface area contributed by atoms with E-state index < -0.39 is 0 Å². The number of ketones is 1. The van der Waals surface area contributed by atoms with Crippen LogP contribution in [0.4, 0.5) is 0 Å². The van der Waals surface area contributed by atoms with Gasteiger partial charge < -0.3 is 0 Å². The molecule has 2 heteroatoms. The highest BCUT2D eigenvalue weighted by atomic mass is 32.1. The van der Waals surface area contributed by atoms with Crippen molar-refractivity contribution in [2.75, 3.05) is 0 Å². The number of carbonyl (C=O) groups excluding carboxylic acids is 1. The van der Waals surface area contributed by atoms with E-state index in [1.165, 1.54) is 92.7 Å². The maximum absolute atomic E-state index is 12.3. The van der Waals surface area contributed by atoms with Crippen molar-refractivity contribution in [3.8, 4) is 0 Å². The summed E-state index contributed by atoms with van der Waals surface area (Å²) in [6, 6.07) is 8.41. The summed E-state index contributed by atoms with van der Waals surface area (Å²) in [7, 11) is 0. The second-order valence-corrected chi connectivity index (χ2v) is 8.88. The van der Waals surface area contributed by atoms with Gasteiger partial charge in [-0.15, -0.1) is 11.3 Å².